The maximum atomic E-state index is 12.7. The Balaban J connectivity index is 1.54. The van der Waals surface area contributed by atoms with Crippen LogP contribution in [0.15, 0.2) is 40.8 Å². The summed E-state index contributed by atoms with van der Waals surface area (Å²) in [6.45, 7) is 8.63. The molecule has 0 spiro atoms. The zero-order valence-electron chi connectivity index (χ0n) is 17.3. The van der Waals surface area contributed by atoms with Gasteiger partial charge in [-0.15, -0.1) is 0 Å². The number of amides is 1. The first kappa shape index (κ1) is 22.0. The van der Waals surface area contributed by atoms with Gasteiger partial charge in [0.2, 0.25) is 10.0 Å². The van der Waals surface area contributed by atoms with E-state index in [9.17, 15) is 13.2 Å². The van der Waals surface area contributed by atoms with Gasteiger partial charge in [-0.1, -0.05) is 11.6 Å². The van der Waals surface area contributed by atoms with Gasteiger partial charge in [0.05, 0.1) is 18.1 Å². The number of ether oxygens (including phenoxy) is 1. The van der Waals surface area contributed by atoms with E-state index in [1.807, 2.05) is 0 Å². The number of allylic oxidation sites excluding steroid dienone is 1. The molecule has 2 aliphatic heterocycles. The second kappa shape index (κ2) is 9.84. The number of benzene rings is 1. The summed E-state index contributed by atoms with van der Waals surface area (Å²) in [4.78, 5) is 15.2. The maximum absolute atomic E-state index is 12.7. The second-order valence-corrected chi connectivity index (χ2v) is 9.81. The van der Waals surface area contributed by atoms with E-state index in [0.717, 1.165) is 32.5 Å². The normalized spacial score (nSPS) is 19.7. The number of nitrogens with one attached hydrogen (secondary N) is 1. The summed E-state index contributed by atoms with van der Waals surface area (Å²) in [7, 11) is -3.54. The Morgan fingerprint density at radius 1 is 1.10 bits per heavy atom. The summed E-state index contributed by atoms with van der Waals surface area (Å²) < 4.78 is 32.0. The fraction of sp³-hybridized carbons (Fsp3) is 0.571. The van der Waals surface area contributed by atoms with Crippen molar-refractivity contribution < 1.29 is 17.9 Å². The molecule has 0 aliphatic carbocycles. The number of morpholine rings is 1. The van der Waals surface area contributed by atoms with Gasteiger partial charge in [0, 0.05) is 44.3 Å². The van der Waals surface area contributed by atoms with Crippen molar-refractivity contribution >= 4 is 15.9 Å². The van der Waals surface area contributed by atoms with Gasteiger partial charge in [0.25, 0.3) is 5.91 Å². The molecule has 0 radical (unpaired) electrons. The molecule has 2 fully saturated rings. The van der Waals surface area contributed by atoms with Crippen molar-refractivity contribution in [2.45, 2.75) is 37.6 Å². The number of carbonyl (C=O) groups is 1. The Labute approximate surface area is 173 Å². The molecule has 0 aromatic heterocycles. The third-order valence-electron chi connectivity index (χ3n) is 5.40. The van der Waals surface area contributed by atoms with Crippen molar-refractivity contribution in [1.82, 2.24) is 14.5 Å². The van der Waals surface area contributed by atoms with Gasteiger partial charge in [-0.25, -0.2) is 8.42 Å². The van der Waals surface area contributed by atoms with Crippen LogP contribution in [0.1, 0.15) is 37.0 Å². The number of hydrogen-bond donors (Lipinski definition) is 1. The molecule has 0 bridgehead atoms. The van der Waals surface area contributed by atoms with Gasteiger partial charge in [0.15, 0.2) is 0 Å². The molecular formula is C21H31N3O4S. The van der Waals surface area contributed by atoms with E-state index >= 15 is 0 Å². The van der Waals surface area contributed by atoms with Crippen LogP contribution in [0.5, 0.6) is 0 Å². The van der Waals surface area contributed by atoms with Crippen molar-refractivity contribution in [3.8, 4) is 0 Å². The minimum absolute atomic E-state index is 0.150. The second-order valence-electron chi connectivity index (χ2n) is 7.87. The van der Waals surface area contributed by atoms with Crippen LogP contribution in [0.25, 0.3) is 0 Å². The highest BCUT2D eigenvalue weighted by Crippen LogP contribution is 2.18. The van der Waals surface area contributed by atoms with Gasteiger partial charge in [-0.3, -0.25) is 9.69 Å². The molecule has 160 valence electrons. The lowest BCUT2D eigenvalue weighted by Gasteiger charge is -2.31. The molecule has 8 heteroatoms. The van der Waals surface area contributed by atoms with Gasteiger partial charge in [0.1, 0.15) is 0 Å². The number of likely N-dealkylation sites (tertiary alicyclic amines) is 1. The zero-order chi connectivity index (χ0) is 20.9. The lowest BCUT2D eigenvalue weighted by molar-refractivity contribution is 0.0730. The summed E-state index contributed by atoms with van der Waals surface area (Å²) in [5.74, 6) is -0.150. The highest BCUT2D eigenvalue weighted by molar-refractivity contribution is 7.89. The van der Waals surface area contributed by atoms with Gasteiger partial charge >= 0.3 is 0 Å². The van der Waals surface area contributed by atoms with E-state index in [0.29, 0.717) is 31.9 Å². The third-order valence-corrected chi connectivity index (χ3v) is 7.32. The van der Waals surface area contributed by atoms with E-state index in [-0.39, 0.29) is 16.8 Å². The minimum Gasteiger partial charge on any atom is -0.379 e. The zero-order valence-corrected chi connectivity index (χ0v) is 18.1. The highest BCUT2D eigenvalue weighted by Gasteiger charge is 2.26. The number of carbonyl (C=O) groups excluding carboxylic acids is 1. The Morgan fingerprint density at radius 2 is 1.72 bits per heavy atom. The lowest BCUT2D eigenvalue weighted by Crippen LogP contribution is -2.44. The topological polar surface area (TPSA) is 79.0 Å². The Hall–Kier alpha value is -1.74. The van der Waals surface area contributed by atoms with Gasteiger partial charge < -0.3 is 10.1 Å². The predicted octanol–water partition coefficient (Wildman–Crippen LogP) is 1.87. The standard InChI is InChI=1S/C21H31N3O4S/c1-17(2)7-10-23-11-8-19(9-12-23)22-21(25)18-3-5-20(6-4-18)29(26,27)24-13-15-28-16-14-24/h3-7,19H,8-16H2,1-2H3,(H,22,25). The van der Waals surface area contributed by atoms with Crippen LogP contribution in [0, 0.1) is 0 Å². The molecule has 0 unspecified atom stereocenters. The summed E-state index contributed by atoms with van der Waals surface area (Å²) in [5.41, 5.74) is 1.80. The SMILES string of the molecule is CC(C)=CCN1CCC(NC(=O)c2ccc(S(=O)(=O)N3CCOCC3)cc2)CC1. The molecule has 2 heterocycles. The molecule has 2 saturated heterocycles. The molecule has 7 nitrogen and oxygen atoms in total. The third kappa shape index (κ3) is 5.88. The average molecular weight is 422 g/mol. The van der Waals surface area contributed by atoms with Crippen LogP contribution in [0.2, 0.25) is 0 Å². The Bertz CT molecular complexity index is 818. The molecular weight excluding hydrogens is 390 g/mol. The van der Waals surface area contributed by atoms with E-state index in [1.54, 1.807) is 12.1 Å². The fourth-order valence-electron chi connectivity index (χ4n) is 3.55. The summed E-state index contributed by atoms with van der Waals surface area (Å²) in [6.07, 6.45) is 4.07. The Morgan fingerprint density at radius 3 is 2.31 bits per heavy atom. The molecule has 0 saturated carbocycles. The summed E-state index contributed by atoms with van der Waals surface area (Å²) in [6, 6.07) is 6.37. The molecule has 29 heavy (non-hydrogen) atoms. The first-order chi connectivity index (χ1) is 13.9. The van der Waals surface area contributed by atoms with Crippen molar-refractivity contribution in [1.29, 1.82) is 0 Å². The largest absolute Gasteiger partial charge is 0.379 e. The molecule has 1 aromatic rings. The molecule has 2 aliphatic rings. The summed E-state index contributed by atoms with van der Waals surface area (Å²) >= 11 is 0. The monoisotopic (exact) mass is 421 g/mol. The van der Waals surface area contributed by atoms with Crippen LogP contribution < -0.4 is 5.32 Å². The number of piperidine rings is 1. The van der Waals surface area contributed by atoms with Crippen molar-refractivity contribution in [2.75, 3.05) is 45.9 Å². The van der Waals surface area contributed by atoms with Crippen LogP contribution in [0.4, 0.5) is 0 Å². The maximum Gasteiger partial charge on any atom is 0.251 e. The van der Waals surface area contributed by atoms with Crippen LogP contribution in [-0.4, -0.2) is 75.5 Å². The van der Waals surface area contributed by atoms with Crippen molar-refractivity contribution in [3.05, 3.63) is 41.5 Å². The van der Waals surface area contributed by atoms with Crippen LogP contribution >= 0.6 is 0 Å². The predicted molar refractivity (Wildman–Crippen MR) is 112 cm³/mol. The molecule has 1 N–H and O–H groups in total. The minimum atomic E-state index is -3.54. The molecule has 1 amide bonds. The first-order valence-electron chi connectivity index (χ1n) is 10.2. The lowest BCUT2D eigenvalue weighted by atomic mass is 10.0. The molecule has 3 rings (SSSR count). The number of hydrogen-bond acceptors (Lipinski definition) is 5. The molecule has 0 atom stereocenters. The quantitative estimate of drug-likeness (QED) is 0.710. The van der Waals surface area contributed by atoms with E-state index in [2.05, 4.69) is 30.1 Å². The number of sulfonamides is 1. The average Bonchev–Trinajstić information content (AvgIpc) is 2.74. The van der Waals surface area contributed by atoms with Crippen molar-refractivity contribution in [3.63, 3.8) is 0 Å². The first-order valence-corrected chi connectivity index (χ1v) is 11.6. The summed E-state index contributed by atoms with van der Waals surface area (Å²) in [5, 5.41) is 3.08. The number of nitrogens with zero attached hydrogens (tertiary/aromatic N) is 2. The van der Waals surface area contributed by atoms with E-state index in [4.69, 9.17) is 4.74 Å². The molecule has 1 aromatic carbocycles. The van der Waals surface area contributed by atoms with Gasteiger partial charge in [-0.05, 0) is 51.0 Å². The van der Waals surface area contributed by atoms with Crippen molar-refractivity contribution in [2.24, 2.45) is 0 Å². The Kier molecular flexibility index (Phi) is 7.45. The van der Waals surface area contributed by atoms with E-state index in [1.165, 1.54) is 22.0 Å². The smallest absolute Gasteiger partial charge is 0.251 e. The highest BCUT2D eigenvalue weighted by atomic mass is 32.2. The van der Waals surface area contributed by atoms with Crippen LogP contribution in [-0.2, 0) is 14.8 Å². The van der Waals surface area contributed by atoms with E-state index < -0.39 is 10.0 Å². The van der Waals surface area contributed by atoms with Crippen LogP contribution in [0.3, 0.4) is 0 Å². The number of rotatable bonds is 6. The van der Waals surface area contributed by atoms with Gasteiger partial charge in [-0.2, -0.15) is 4.31 Å². The fourth-order valence-corrected chi connectivity index (χ4v) is 4.96.